The standard InChI is InChI=1S/C18H23N5OS/c1-10(2)12-11(9-19)16(21)22-17-13(12)14(20)15(25-17)18(24)23-7-5-3-4-6-8-23/h10H,3-8,20H2,1-2H3,(H2,21,22). The second kappa shape index (κ2) is 6.89. The van der Waals surface area contributed by atoms with Gasteiger partial charge in [-0.25, -0.2) is 4.98 Å². The van der Waals surface area contributed by atoms with Crippen LogP contribution >= 0.6 is 11.3 Å². The summed E-state index contributed by atoms with van der Waals surface area (Å²) in [6.07, 6.45) is 4.37. The normalized spacial score (nSPS) is 15.4. The number of pyridine rings is 1. The Hall–Kier alpha value is -2.33. The number of nitrogens with zero attached hydrogens (tertiary/aromatic N) is 3. The monoisotopic (exact) mass is 357 g/mol. The van der Waals surface area contributed by atoms with Crippen molar-refractivity contribution in [1.82, 2.24) is 9.88 Å². The van der Waals surface area contributed by atoms with Gasteiger partial charge in [0.2, 0.25) is 0 Å². The Labute approximate surface area is 151 Å². The summed E-state index contributed by atoms with van der Waals surface area (Å²) < 4.78 is 0. The van der Waals surface area contributed by atoms with E-state index in [9.17, 15) is 10.1 Å². The Morgan fingerprint density at radius 2 is 1.88 bits per heavy atom. The summed E-state index contributed by atoms with van der Waals surface area (Å²) in [5.41, 5.74) is 13.9. The number of fused-ring (bicyclic) bond motifs is 1. The summed E-state index contributed by atoms with van der Waals surface area (Å²) in [6, 6.07) is 2.14. The number of rotatable bonds is 2. The van der Waals surface area contributed by atoms with Gasteiger partial charge in [0, 0.05) is 18.5 Å². The van der Waals surface area contributed by atoms with Crippen LogP contribution in [0, 0.1) is 11.3 Å². The highest BCUT2D eigenvalue weighted by Crippen LogP contribution is 2.41. The van der Waals surface area contributed by atoms with Crippen LogP contribution in [0.25, 0.3) is 10.2 Å². The maximum atomic E-state index is 13.0. The molecular formula is C18H23N5OS. The van der Waals surface area contributed by atoms with Crippen LogP contribution in [0.2, 0.25) is 0 Å². The van der Waals surface area contributed by atoms with Gasteiger partial charge in [-0.15, -0.1) is 11.3 Å². The molecular weight excluding hydrogens is 334 g/mol. The topological polar surface area (TPSA) is 109 Å². The van der Waals surface area contributed by atoms with E-state index >= 15 is 0 Å². The van der Waals surface area contributed by atoms with Gasteiger partial charge in [-0.2, -0.15) is 5.26 Å². The van der Waals surface area contributed by atoms with Crippen LogP contribution in [0.5, 0.6) is 0 Å². The van der Waals surface area contributed by atoms with Gasteiger partial charge in [0.25, 0.3) is 5.91 Å². The van der Waals surface area contributed by atoms with Crippen molar-refractivity contribution in [3.63, 3.8) is 0 Å². The molecule has 2 aromatic rings. The van der Waals surface area contributed by atoms with E-state index in [0.29, 0.717) is 26.3 Å². The highest BCUT2D eigenvalue weighted by Gasteiger charge is 2.27. The number of likely N-dealkylation sites (tertiary alicyclic amines) is 1. The Bertz CT molecular complexity index is 857. The third-order valence-corrected chi connectivity index (χ3v) is 5.81. The quantitative estimate of drug-likeness (QED) is 0.855. The number of nitriles is 1. The Morgan fingerprint density at radius 3 is 2.44 bits per heavy atom. The van der Waals surface area contributed by atoms with Gasteiger partial charge in [0.05, 0.1) is 11.3 Å². The van der Waals surface area contributed by atoms with E-state index in [1.807, 2.05) is 18.7 Å². The SMILES string of the molecule is CC(C)c1c(C#N)c(N)nc2sc(C(=O)N3CCCCCC3)c(N)c12. The lowest BCUT2D eigenvalue weighted by atomic mass is 9.95. The molecule has 0 aromatic carbocycles. The number of carbonyl (C=O) groups is 1. The lowest BCUT2D eigenvalue weighted by Crippen LogP contribution is -2.31. The fourth-order valence-electron chi connectivity index (χ4n) is 3.47. The molecule has 1 aliphatic rings. The minimum absolute atomic E-state index is 0.0332. The molecule has 0 saturated carbocycles. The molecule has 1 saturated heterocycles. The van der Waals surface area contributed by atoms with E-state index in [2.05, 4.69) is 11.1 Å². The van der Waals surface area contributed by atoms with E-state index in [1.165, 1.54) is 11.3 Å². The molecule has 3 heterocycles. The van der Waals surface area contributed by atoms with Crippen molar-refractivity contribution in [2.75, 3.05) is 24.6 Å². The van der Waals surface area contributed by atoms with Crippen molar-refractivity contribution < 1.29 is 4.79 Å². The van der Waals surface area contributed by atoms with E-state index < -0.39 is 0 Å². The number of amides is 1. The third-order valence-electron chi connectivity index (χ3n) is 4.72. The molecule has 2 aromatic heterocycles. The first-order chi connectivity index (χ1) is 12.0. The maximum Gasteiger partial charge on any atom is 0.266 e. The van der Waals surface area contributed by atoms with Crippen molar-refractivity contribution in [1.29, 1.82) is 5.26 Å². The van der Waals surface area contributed by atoms with Gasteiger partial charge in [0.1, 0.15) is 21.6 Å². The Morgan fingerprint density at radius 1 is 1.24 bits per heavy atom. The summed E-state index contributed by atoms with van der Waals surface area (Å²) >= 11 is 1.28. The maximum absolute atomic E-state index is 13.0. The number of hydrogen-bond donors (Lipinski definition) is 2. The van der Waals surface area contributed by atoms with Crippen LogP contribution < -0.4 is 11.5 Å². The van der Waals surface area contributed by atoms with Gasteiger partial charge in [-0.3, -0.25) is 4.79 Å². The number of hydrogen-bond acceptors (Lipinski definition) is 6. The summed E-state index contributed by atoms with van der Waals surface area (Å²) in [5, 5.41) is 10.2. The molecule has 132 valence electrons. The van der Waals surface area contributed by atoms with Gasteiger partial charge >= 0.3 is 0 Å². The van der Waals surface area contributed by atoms with Crippen molar-refractivity contribution in [3.05, 3.63) is 16.0 Å². The van der Waals surface area contributed by atoms with E-state index in [1.54, 1.807) is 0 Å². The molecule has 1 fully saturated rings. The number of carbonyl (C=O) groups excluding carboxylic acids is 1. The van der Waals surface area contributed by atoms with Gasteiger partial charge < -0.3 is 16.4 Å². The molecule has 0 bridgehead atoms. The lowest BCUT2D eigenvalue weighted by molar-refractivity contribution is 0.0767. The second-order valence-corrected chi connectivity index (χ2v) is 7.78. The Balaban J connectivity index is 2.15. The third kappa shape index (κ3) is 3.02. The summed E-state index contributed by atoms with van der Waals surface area (Å²) in [7, 11) is 0. The predicted molar refractivity (Wildman–Crippen MR) is 102 cm³/mol. The van der Waals surface area contributed by atoms with Crippen LogP contribution in [-0.4, -0.2) is 28.9 Å². The van der Waals surface area contributed by atoms with Crippen LogP contribution in [-0.2, 0) is 0 Å². The average molecular weight is 357 g/mol. The van der Waals surface area contributed by atoms with Crippen LogP contribution in [0.3, 0.4) is 0 Å². The highest BCUT2D eigenvalue weighted by atomic mass is 32.1. The minimum Gasteiger partial charge on any atom is -0.397 e. The molecule has 25 heavy (non-hydrogen) atoms. The van der Waals surface area contributed by atoms with Crippen LogP contribution in [0.15, 0.2) is 0 Å². The fourth-order valence-corrected chi connectivity index (χ4v) is 4.56. The van der Waals surface area contributed by atoms with E-state index in [0.717, 1.165) is 44.3 Å². The molecule has 6 nitrogen and oxygen atoms in total. The van der Waals surface area contributed by atoms with Gasteiger partial charge in [-0.1, -0.05) is 26.7 Å². The number of thiophene rings is 1. The smallest absolute Gasteiger partial charge is 0.266 e. The van der Waals surface area contributed by atoms with E-state index in [4.69, 9.17) is 11.5 Å². The van der Waals surface area contributed by atoms with Crippen LogP contribution in [0.4, 0.5) is 11.5 Å². The van der Waals surface area contributed by atoms with Crippen molar-refractivity contribution in [2.45, 2.75) is 45.4 Å². The molecule has 0 aliphatic carbocycles. The molecule has 7 heteroatoms. The zero-order valence-corrected chi connectivity index (χ0v) is 15.4. The molecule has 1 aliphatic heterocycles. The van der Waals surface area contributed by atoms with Crippen molar-refractivity contribution in [3.8, 4) is 6.07 Å². The van der Waals surface area contributed by atoms with Crippen molar-refractivity contribution in [2.24, 2.45) is 0 Å². The zero-order chi connectivity index (χ0) is 18.1. The fraction of sp³-hybridized carbons (Fsp3) is 0.500. The number of anilines is 2. The highest BCUT2D eigenvalue weighted by molar-refractivity contribution is 7.21. The molecule has 0 spiro atoms. The summed E-state index contributed by atoms with van der Waals surface area (Å²) in [4.78, 5) is 20.4. The van der Waals surface area contributed by atoms with Gasteiger partial charge in [0.15, 0.2) is 0 Å². The molecule has 1 amide bonds. The zero-order valence-electron chi connectivity index (χ0n) is 14.6. The van der Waals surface area contributed by atoms with Crippen LogP contribution in [0.1, 0.15) is 66.2 Å². The minimum atomic E-state index is -0.0332. The first-order valence-corrected chi connectivity index (χ1v) is 9.48. The molecule has 3 rings (SSSR count). The summed E-state index contributed by atoms with van der Waals surface area (Å²) in [5.74, 6) is 0.225. The lowest BCUT2D eigenvalue weighted by Gasteiger charge is -2.19. The number of nitrogen functional groups attached to an aromatic ring is 2. The number of nitrogens with two attached hydrogens (primary N) is 2. The average Bonchev–Trinajstić information content (AvgIpc) is 2.78. The van der Waals surface area contributed by atoms with Crippen molar-refractivity contribution >= 4 is 39.0 Å². The van der Waals surface area contributed by atoms with Gasteiger partial charge in [-0.05, 0) is 24.3 Å². The Kier molecular flexibility index (Phi) is 4.82. The molecule has 0 radical (unpaired) electrons. The number of aromatic nitrogens is 1. The largest absolute Gasteiger partial charge is 0.397 e. The molecule has 0 unspecified atom stereocenters. The first-order valence-electron chi connectivity index (χ1n) is 8.66. The molecule has 0 atom stereocenters. The first kappa shape index (κ1) is 17.5. The predicted octanol–water partition coefficient (Wildman–Crippen LogP) is 3.47. The summed E-state index contributed by atoms with van der Waals surface area (Å²) in [6.45, 7) is 5.51. The molecule has 4 N–H and O–H groups in total. The second-order valence-electron chi connectivity index (χ2n) is 6.78. The van der Waals surface area contributed by atoms with E-state index in [-0.39, 0.29) is 17.6 Å².